The topological polar surface area (TPSA) is 77.9 Å². The van der Waals surface area contributed by atoms with E-state index in [9.17, 15) is 9.90 Å². The summed E-state index contributed by atoms with van der Waals surface area (Å²) in [5.41, 5.74) is 5.24. The van der Waals surface area contributed by atoms with E-state index in [2.05, 4.69) is 16.8 Å². The van der Waals surface area contributed by atoms with Crippen molar-refractivity contribution in [2.75, 3.05) is 13.2 Å². The van der Waals surface area contributed by atoms with Gasteiger partial charge in [-0.1, -0.05) is 24.1 Å². The van der Waals surface area contributed by atoms with Crippen molar-refractivity contribution in [3.63, 3.8) is 0 Å². The van der Waals surface area contributed by atoms with Gasteiger partial charge in [0.05, 0.1) is 25.6 Å². The van der Waals surface area contributed by atoms with Crippen LogP contribution in [0.25, 0.3) is 11.1 Å². The zero-order valence-corrected chi connectivity index (χ0v) is 21.5. The first-order valence-corrected chi connectivity index (χ1v) is 12.9. The standard InChI is InChI=1S/C31H30FNO5/c1-3-4-21(16-30(34)35)20-5-7-22(8-6-20)37-28-12-10-25-24(9-11-27(32)31(25)28)26-17-33-29(15-19(26)2)38-23-13-14-36-18-23/h5-9,11,15,17,21,23,28H,10,12-14,16,18H2,1-2H3,(H,34,35)/t21?,23?,28-/m1/s1. The second-order valence-corrected chi connectivity index (χ2v) is 9.69. The van der Waals surface area contributed by atoms with E-state index in [1.807, 2.05) is 31.2 Å². The van der Waals surface area contributed by atoms with E-state index in [0.717, 1.165) is 34.2 Å². The maximum Gasteiger partial charge on any atom is 0.304 e. The maximum atomic E-state index is 15.1. The van der Waals surface area contributed by atoms with Crippen molar-refractivity contribution in [1.82, 2.24) is 4.98 Å². The molecule has 1 fully saturated rings. The highest BCUT2D eigenvalue weighted by Crippen LogP contribution is 2.42. The van der Waals surface area contributed by atoms with Gasteiger partial charge in [-0.25, -0.2) is 9.37 Å². The normalized spacial score (nSPS) is 18.8. The Labute approximate surface area is 221 Å². The van der Waals surface area contributed by atoms with Crippen LogP contribution in [0.1, 0.15) is 60.5 Å². The summed E-state index contributed by atoms with van der Waals surface area (Å²) >= 11 is 0. The number of aliphatic carboxylic acids is 1. The molecule has 2 unspecified atom stereocenters. The van der Waals surface area contributed by atoms with Gasteiger partial charge in [0.2, 0.25) is 5.88 Å². The molecule has 0 radical (unpaired) electrons. The van der Waals surface area contributed by atoms with Crippen LogP contribution < -0.4 is 9.47 Å². The summed E-state index contributed by atoms with van der Waals surface area (Å²) < 4.78 is 32.7. The van der Waals surface area contributed by atoms with Crippen molar-refractivity contribution in [3.05, 3.63) is 76.7 Å². The second kappa shape index (κ2) is 11.2. The van der Waals surface area contributed by atoms with E-state index in [1.165, 1.54) is 6.07 Å². The lowest BCUT2D eigenvalue weighted by atomic mass is 9.94. The number of aromatic nitrogens is 1. The molecule has 2 heterocycles. The number of carboxylic acid groups (broad SMARTS) is 1. The van der Waals surface area contributed by atoms with E-state index in [-0.39, 0.29) is 24.3 Å². The molecule has 3 aromatic rings. The van der Waals surface area contributed by atoms with Crippen molar-refractivity contribution in [2.24, 2.45) is 0 Å². The highest BCUT2D eigenvalue weighted by atomic mass is 19.1. The number of hydrogen-bond acceptors (Lipinski definition) is 5. The zero-order valence-electron chi connectivity index (χ0n) is 21.5. The van der Waals surface area contributed by atoms with E-state index in [4.69, 9.17) is 14.2 Å². The Kier molecular flexibility index (Phi) is 7.62. The van der Waals surface area contributed by atoms with Crippen LogP contribution in [0.4, 0.5) is 4.39 Å². The summed E-state index contributed by atoms with van der Waals surface area (Å²) in [4.78, 5) is 15.7. The lowest BCUT2D eigenvalue weighted by Gasteiger charge is -2.18. The van der Waals surface area contributed by atoms with Crippen molar-refractivity contribution in [3.8, 4) is 34.6 Å². The van der Waals surface area contributed by atoms with E-state index in [1.54, 1.807) is 25.3 Å². The second-order valence-electron chi connectivity index (χ2n) is 9.69. The van der Waals surface area contributed by atoms with Crippen LogP contribution in [0, 0.1) is 24.6 Å². The minimum atomic E-state index is -0.900. The van der Waals surface area contributed by atoms with Crippen LogP contribution in [0.3, 0.4) is 0 Å². The number of ether oxygens (including phenoxy) is 3. The molecule has 0 amide bonds. The molecule has 1 aromatic heterocycles. The highest BCUT2D eigenvalue weighted by molar-refractivity contribution is 5.72. The molecule has 1 aliphatic heterocycles. The predicted octanol–water partition coefficient (Wildman–Crippen LogP) is 6.01. The molecule has 3 atom stereocenters. The number of nitrogens with zero attached hydrogens (tertiary/aromatic N) is 1. The molecule has 38 heavy (non-hydrogen) atoms. The van der Waals surface area contributed by atoms with Crippen LogP contribution in [0.2, 0.25) is 0 Å². The smallest absolute Gasteiger partial charge is 0.304 e. The van der Waals surface area contributed by atoms with Gasteiger partial charge >= 0.3 is 5.97 Å². The van der Waals surface area contributed by atoms with Gasteiger partial charge in [-0.2, -0.15) is 0 Å². The van der Waals surface area contributed by atoms with Gasteiger partial charge in [-0.05, 0) is 67.1 Å². The number of carbonyl (C=O) groups is 1. The Morgan fingerprint density at radius 2 is 2.00 bits per heavy atom. The molecule has 2 aromatic carbocycles. The summed E-state index contributed by atoms with van der Waals surface area (Å²) in [6, 6.07) is 12.5. The van der Waals surface area contributed by atoms with Crippen LogP contribution >= 0.6 is 0 Å². The molecule has 6 nitrogen and oxygen atoms in total. The van der Waals surface area contributed by atoms with Crippen LogP contribution in [-0.4, -0.2) is 35.4 Å². The molecular weight excluding hydrogens is 485 g/mol. The Morgan fingerprint density at radius 1 is 1.18 bits per heavy atom. The van der Waals surface area contributed by atoms with Gasteiger partial charge in [0, 0.05) is 29.8 Å². The summed E-state index contributed by atoms with van der Waals surface area (Å²) in [5, 5.41) is 9.19. The van der Waals surface area contributed by atoms with Gasteiger partial charge < -0.3 is 19.3 Å². The fourth-order valence-electron chi connectivity index (χ4n) is 5.24. The number of halogens is 1. The first kappa shape index (κ1) is 25.7. The largest absolute Gasteiger partial charge is 0.486 e. The van der Waals surface area contributed by atoms with E-state index in [0.29, 0.717) is 43.2 Å². The fourth-order valence-corrected chi connectivity index (χ4v) is 5.24. The van der Waals surface area contributed by atoms with Gasteiger partial charge in [-0.3, -0.25) is 4.79 Å². The zero-order chi connectivity index (χ0) is 26.6. The third-order valence-electron chi connectivity index (χ3n) is 7.09. The van der Waals surface area contributed by atoms with E-state index < -0.39 is 12.1 Å². The van der Waals surface area contributed by atoms with Gasteiger partial charge in [-0.15, -0.1) is 5.92 Å². The third-order valence-corrected chi connectivity index (χ3v) is 7.09. The summed E-state index contributed by atoms with van der Waals surface area (Å²) in [5.74, 6) is 5.35. The summed E-state index contributed by atoms with van der Waals surface area (Å²) in [6.07, 6.45) is 3.54. The summed E-state index contributed by atoms with van der Waals surface area (Å²) in [7, 11) is 0. The predicted molar refractivity (Wildman–Crippen MR) is 141 cm³/mol. The van der Waals surface area contributed by atoms with Gasteiger partial charge in [0.25, 0.3) is 0 Å². The Bertz CT molecular complexity index is 1390. The van der Waals surface area contributed by atoms with Crippen molar-refractivity contribution >= 4 is 5.97 Å². The highest BCUT2D eigenvalue weighted by Gasteiger charge is 2.31. The van der Waals surface area contributed by atoms with Crippen LogP contribution in [0.15, 0.2) is 48.7 Å². The van der Waals surface area contributed by atoms with Crippen LogP contribution in [0.5, 0.6) is 11.6 Å². The first-order valence-electron chi connectivity index (χ1n) is 12.9. The number of aryl methyl sites for hydroxylation is 1. The molecule has 0 bridgehead atoms. The van der Waals surface area contributed by atoms with Crippen molar-refractivity contribution in [2.45, 2.75) is 57.7 Å². The van der Waals surface area contributed by atoms with Crippen LogP contribution in [-0.2, 0) is 16.0 Å². The van der Waals surface area contributed by atoms with Gasteiger partial charge in [0.15, 0.2) is 0 Å². The number of fused-ring (bicyclic) bond motifs is 1. The fraction of sp³-hybridized carbons (Fsp3) is 0.355. The molecule has 0 saturated carbocycles. The minimum absolute atomic E-state index is 0.0254. The third kappa shape index (κ3) is 5.51. The first-order chi connectivity index (χ1) is 18.4. The minimum Gasteiger partial charge on any atom is -0.486 e. The number of pyridine rings is 1. The molecule has 0 spiro atoms. The molecule has 2 aliphatic rings. The Balaban J connectivity index is 1.36. The molecular formula is C31H30FNO5. The summed E-state index contributed by atoms with van der Waals surface area (Å²) in [6.45, 7) is 4.98. The lowest BCUT2D eigenvalue weighted by Crippen LogP contribution is -2.16. The number of benzene rings is 2. The van der Waals surface area contributed by atoms with Crippen molar-refractivity contribution < 1.29 is 28.5 Å². The Hall–Kier alpha value is -3.89. The maximum absolute atomic E-state index is 15.1. The van der Waals surface area contributed by atoms with E-state index >= 15 is 4.39 Å². The molecule has 196 valence electrons. The number of carboxylic acids is 1. The number of rotatable bonds is 8. The van der Waals surface area contributed by atoms with Gasteiger partial charge in [0.1, 0.15) is 23.8 Å². The number of hydrogen-bond donors (Lipinski definition) is 1. The average molecular weight is 516 g/mol. The average Bonchev–Trinajstić information content (AvgIpc) is 3.56. The lowest BCUT2D eigenvalue weighted by molar-refractivity contribution is -0.137. The SMILES string of the molecule is CC#CC(CC(=O)O)c1ccc(O[C@@H]2CCc3c(-c4cnc(OC5CCOC5)cc4C)ccc(F)c32)cc1. The molecule has 1 N–H and O–H groups in total. The monoisotopic (exact) mass is 515 g/mol. The Morgan fingerprint density at radius 3 is 2.68 bits per heavy atom. The molecule has 5 rings (SSSR count). The molecule has 1 aliphatic carbocycles. The molecule has 1 saturated heterocycles. The molecule has 7 heteroatoms. The quantitative estimate of drug-likeness (QED) is 0.370. The van der Waals surface area contributed by atoms with Crippen molar-refractivity contribution in [1.29, 1.82) is 0 Å².